The molecule has 1 fully saturated rings. The molecule has 0 N–H and O–H groups in total. The van der Waals surface area contributed by atoms with Gasteiger partial charge in [-0.3, -0.25) is 14.5 Å². The van der Waals surface area contributed by atoms with Gasteiger partial charge >= 0.3 is 18.2 Å². The van der Waals surface area contributed by atoms with Gasteiger partial charge in [0.2, 0.25) is 0 Å². The molecule has 4 rings (SSSR count). The first kappa shape index (κ1) is 30.2. The zero-order valence-corrected chi connectivity index (χ0v) is 23.8. The number of nitrogens with zero attached hydrogens (tertiary/aromatic N) is 2. The number of anilines is 1. The largest absolute Gasteiger partial charge is 0.489 e. The van der Waals surface area contributed by atoms with Crippen LogP contribution < -0.4 is 9.64 Å². The van der Waals surface area contributed by atoms with Gasteiger partial charge < -0.3 is 19.1 Å². The zero-order valence-electron chi connectivity index (χ0n) is 23.8. The number of fused-ring (bicyclic) bond motifs is 1. The van der Waals surface area contributed by atoms with Crippen LogP contribution in [0.4, 0.5) is 23.7 Å². The van der Waals surface area contributed by atoms with Crippen LogP contribution in [0.15, 0.2) is 36.4 Å². The summed E-state index contributed by atoms with van der Waals surface area (Å²) in [5, 5.41) is 0. The first-order valence-corrected chi connectivity index (χ1v) is 13.5. The van der Waals surface area contributed by atoms with Gasteiger partial charge in [0.15, 0.2) is 0 Å². The van der Waals surface area contributed by atoms with E-state index in [1.807, 2.05) is 0 Å². The summed E-state index contributed by atoms with van der Waals surface area (Å²) < 4.78 is 56.8. The van der Waals surface area contributed by atoms with E-state index in [2.05, 4.69) is 0 Å². The van der Waals surface area contributed by atoms with Crippen molar-refractivity contribution in [2.75, 3.05) is 25.6 Å². The van der Waals surface area contributed by atoms with E-state index in [1.54, 1.807) is 51.1 Å². The molecule has 2 aromatic carbocycles. The van der Waals surface area contributed by atoms with Crippen molar-refractivity contribution in [1.29, 1.82) is 0 Å². The Hall–Kier alpha value is -3.76. The molecule has 0 radical (unpaired) electrons. The molecule has 41 heavy (non-hydrogen) atoms. The lowest BCUT2D eigenvalue weighted by atomic mass is 10.00. The highest BCUT2D eigenvalue weighted by Gasteiger charge is 2.39. The Kier molecular flexibility index (Phi) is 8.56. The number of alkyl halides is 3. The van der Waals surface area contributed by atoms with Crippen LogP contribution >= 0.6 is 0 Å². The number of halogens is 3. The molecule has 222 valence electrons. The average Bonchev–Trinajstić information content (AvgIpc) is 3.66. The minimum absolute atomic E-state index is 0.0277. The number of amides is 2. The highest BCUT2D eigenvalue weighted by atomic mass is 19.4. The number of ether oxygens (including phenoxy) is 3. The lowest BCUT2D eigenvalue weighted by Gasteiger charge is -2.32. The van der Waals surface area contributed by atoms with Crippen molar-refractivity contribution in [3.8, 4) is 5.75 Å². The van der Waals surface area contributed by atoms with E-state index in [4.69, 9.17) is 14.2 Å². The first-order valence-electron chi connectivity index (χ1n) is 13.5. The van der Waals surface area contributed by atoms with Gasteiger partial charge in [-0.1, -0.05) is 12.1 Å². The maximum atomic E-state index is 13.6. The Morgan fingerprint density at radius 3 is 2.39 bits per heavy atom. The SMILES string of the molecule is COC(=O)C[C@H](C(=O)N1CCc2cc(OCc3ccc(C4CC4)c(C(F)(F)F)c3)ccc21)N(C)C(=O)OC(C)(C)C. The van der Waals surface area contributed by atoms with Crippen molar-refractivity contribution < 1.29 is 41.8 Å². The summed E-state index contributed by atoms with van der Waals surface area (Å²) in [4.78, 5) is 41.0. The lowest BCUT2D eigenvalue weighted by molar-refractivity contribution is -0.144. The second kappa shape index (κ2) is 11.6. The van der Waals surface area contributed by atoms with E-state index in [1.165, 1.54) is 19.1 Å². The number of rotatable bonds is 8. The third-order valence-corrected chi connectivity index (χ3v) is 7.08. The third kappa shape index (κ3) is 7.31. The molecule has 1 saturated carbocycles. The maximum absolute atomic E-state index is 13.6. The molecule has 8 nitrogen and oxygen atoms in total. The minimum Gasteiger partial charge on any atom is -0.489 e. The molecule has 2 aliphatic rings. The quantitative estimate of drug-likeness (QED) is 0.367. The number of likely N-dealkylation sites (N-methyl/N-ethyl adjacent to an activating group) is 1. The van der Waals surface area contributed by atoms with Crippen molar-refractivity contribution in [3.05, 3.63) is 58.7 Å². The van der Waals surface area contributed by atoms with Crippen molar-refractivity contribution in [2.45, 2.75) is 76.8 Å². The Labute approximate surface area is 237 Å². The molecule has 0 saturated heterocycles. The first-order chi connectivity index (χ1) is 19.2. The van der Waals surface area contributed by atoms with E-state index in [9.17, 15) is 27.6 Å². The van der Waals surface area contributed by atoms with Gasteiger partial charge in [-0.25, -0.2) is 4.79 Å². The molecule has 0 unspecified atom stereocenters. The van der Waals surface area contributed by atoms with Crippen LogP contribution in [0.1, 0.15) is 68.2 Å². The van der Waals surface area contributed by atoms with E-state index in [0.29, 0.717) is 35.5 Å². The molecule has 1 aliphatic carbocycles. The van der Waals surface area contributed by atoms with Crippen LogP contribution in [0, 0.1) is 0 Å². The van der Waals surface area contributed by atoms with E-state index < -0.39 is 41.4 Å². The second-order valence-corrected chi connectivity index (χ2v) is 11.4. The smallest absolute Gasteiger partial charge is 0.416 e. The molecule has 0 spiro atoms. The molecule has 2 amide bonds. The number of esters is 1. The summed E-state index contributed by atoms with van der Waals surface area (Å²) in [5.74, 6) is -0.692. The van der Waals surface area contributed by atoms with Gasteiger partial charge in [0.1, 0.15) is 24.0 Å². The summed E-state index contributed by atoms with van der Waals surface area (Å²) >= 11 is 0. The number of hydrogen-bond donors (Lipinski definition) is 0. The molecule has 1 aliphatic heterocycles. The van der Waals surface area contributed by atoms with Crippen molar-refractivity contribution in [1.82, 2.24) is 4.90 Å². The number of hydrogen-bond acceptors (Lipinski definition) is 6. The van der Waals surface area contributed by atoms with Gasteiger partial charge in [-0.2, -0.15) is 13.2 Å². The summed E-state index contributed by atoms with van der Waals surface area (Å²) in [6.07, 6.45) is -3.49. The molecule has 2 aromatic rings. The Morgan fingerprint density at radius 2 is 1.78 bits per heavy atom. The summed E-state index contributed by atoms with van der Waals surface area (Å²) in [6, 6.07) is 8.29. The van der Waals surface area contributed by atoms with Gasteiger partial charge in [0.25, 0.3) is 5.91 Å². The number of methoxy groups -OCH3 is 1. The van der Waals surface area contributed by atoms with Crippen molar-refractivity contribution in [3.63, 3.8) is 0 Å². The molecular weight excluding hydrogens is 541 g/mol. The van der Waals surface area contributed by atoms with E-state index >= 15 is 0 Å². The van der Waals surface area contributed by atoms with Gasteiger partial charge in [0, 0.05) is 19.3 Å². The Bertz CT molecular complexity index is 1320. The van der Waals surface area contributed by atoms with E-state index in [0.717, 1.165) is 29.4 Å². The van der Waals surface area contributed by atoms with E-state index in [-0.39, 0.29) is 18.9 Å². The van der Waals surface area contributed by atoms with Crippen molar-refractivity contribution >= 4 is 23.7 Å². The van der Waals surface area contributed by atoms with Crippen LogP contribution in [-0.2, 0) is 38.3 Å². The van der Waals surface area contributed by atoms with Crippen LogP contribution in [0.25, 0.3) is 0 Å². The third-order valence-electron chi connectivity index (χ3n) is 7.08. The molecule has 11 heteroatoms. The van der Waals surface area contributed by atoms with Crippen LogP contribution in [0.2, 0.25) is 0 Å². The number of benzene rings is 2. The van der Waals surface area contributed by atoms with Gasteiger partial charge in [-0.15, -0.1) is 0 Å². The number of carbonyl (C=O) groups excluding carboxylic acids is 3. The molecule has 1 heterocycles. The fourth-order valence-electron chi connectivity index (χ4n) is 4.82. The summed E-state index contributed by atoms with van der Waals surface area (Å²) in [7, 11) is 2.60. The summed E-state index contributed by atoms with van der Waals surface area (Å²) in [5.41, 5.74) is 0.743. The minimum atomic E-state index is -4.43. The highest BCUT2D eigenvalue weighted by Crippen LogP contribution is 2.46. The highest BCUT2D eigenvalue weighted by molar-refractivity contribution is 6.02. The predicted molar refractivity (Wildman–Crippen MR) is 145 cm³/mol. The van der Waals surface area contributed by atoms with Crippen molar-refractivity contribution in [2.24, 2.45) is 0 Å². The molecule has 0 bridgehead atoms. The normalized spacial score (nSPS) is 15.7. The predicted octanol–water partition coefficient (Wildman–Crippen LogP) is 5.85. The average molecular weight is 577 g/mol. The fourth-order valence-corrected chi connectivity index (χ4v) is 4.82. The fraction of sp³-hybridized carbons (Fsp3) is 0.500. The van der Waals surface area contributed by atoms with Gasteiger partial charge in [-0.05, 0) is 86.9 Å². The molecule has 1 atom stereocenters. The standard InChI is InChI=1S/C30H35F3N2O6/c1-29(2,3)41-28(38)34(4)25(16-26(36)39-5)27(37)35-13-12-20-15-21(9-11-24(20)35)40-17-18-6-10-22(19-7-8-19)23(14-18)30(31,32)33/h6,9-11,14-15,19,25H,7-8,12-13,16-17H2,1-5H3/t25-/m1/s1. The second-order valence-electron chi connectivity index (χ2n) is 11.4. The van der Waals surface area contributed by atoms with Crippen LogP contribution in [-0.4, -0.2) is 55.2 Å². The molecular formula is C30H35F3N2O6. The number of carbonyl (C=O) groups is 3. The van der Waals surface area contributed by atoms with Crippen LogP contribution in [0.5, 0.6) is 5.75 Å². The lowest BCUT2D eigenvalue weighted by Crippen LogP contribution is -2.51. The Morgan fingerprint density at radius 1 is 1.07 bits per heavy atom. The monoisotopic (exact) mass is 576 g/mol. The topological polar surface area (TPSA) is 85.4 Å². The maximum Gasteiger partial charge on any atom is 0.416 e. The summed E-state index contributed by atoms with van der Waals surface area (Å²) in [6.45, 7) is 5.37. The van der Waals surface area contributed by atoms with Crippen LogP contribution in [0.3, 0.4) is 0 Å². The zero-order chi connectivity index (χ0) is 30.1. The van der Waals surface area contributed by atoms with Gasteiger partial charge in [0.05, 0.1) is 19.1 Å². The Balaban J connectivity index is 1.48. The molecule has 0 aromatic heterocycles.